The Hall–Kier alpha value is -1.71. The minimum Gasteiger partial charge on any atom is -0.397 e. The van der Waals surface area contributed by atoms with Crippen molar-refractivity contribution in [3.05, 3.63) is 23.8 Å². The van der Waals surface area contributed by atoms with Gasteiger partial charge in [0, 0.05) is 12.1 Å². The normalized spacial score (nSPS) is 12.5. The maximum absolute atomic E-state index is 11.1. The number of anilines is 2. The molecule has 1 amide bonds. The van der Waals surface area contributed by atoms with Crippen molar-refractivity contribution in [1.29, 1.82) is 0 Å². The van der Waals surface area contributed by atoms with Crippen molar-refractivity contribution >= 4 is 17.3 Å². The molecule has 0 aromatic heterocycles. The summed E-state index contributed by atoms with van der Waals surface area (Å²) in [6.45, 7) is 7.35. The molecule has 17 heavy (non-hydrogen) atoms. The van der Waals surface area contributed by atoms with Crippen LogP contribution in [0.1, 0.15) is 31.1 Å². The second kappa shape index (κ2) is 5.57. The Bertz CT molecular complexity index is 402. The fraction of sp³-hybridized carbons (Fsp3) is 0.462. The van der Waals surface area contributed by atoms with Crippen LogP contribution in [-0.2, 0) is 0 Å². The minimum absolute atomic E-state index is 0.440. The van der Waals surface area contributed by atoms with Gasteiger partial charge in [-0.15, -0.1) is 0 Å². The van der Waals surface area contributed by atoms with Crippen LogP contribution < -0.4 is 16.8 Å². The van der Waals surface area contributed by atoms with E-state index in [9.17, 15) is 4.79 Å². The van der Waals surface area contributed by atoms with E-state index >= 15 is 0 Å². The first-order chi connectivity index (χ1) is 7.91. The highest BCUT2D eigenvalue weighted by atomic mass is 16.1. The standard InChI is InChI=1S/C13H21N3O/c1-8(2)9(3)7-16-12-6-10(13(15)17)4-5-11(12)14/h4-6,8-9,16H,7,14H2,1-3H3,(H2,15,17). The fourth-order valence-corrected chi connectivity index (χ4v) is 1.37. The average molecular weight is 235 g/mol. The third-order valence-electron chi connectivity index (χ3n) is 3.09. The lowest BCUT2D eigenvalue weighted by molar-refractivity contribution is 0.100. The fourth-order valence-electron chi connectivity index (χ4n) is 1.37. The Labute approximate surface area is 102 Å². The van der Waals surface area contributed by atoms with Gasteiger partial charge in [0.1, 0.15) is 0 Å². The van der Waals surface area contributed by atoms with Gasteiger partial charge in [-0.2, -0.15) is 0 Å². The number of benzene rings is 1. The Balaban J connectivity index is 2.76. The summed E-state index contributed by atoms with van der Waals surface area (Å²) in [7, 11) is 0. The molecule has 0 saturated heterocycles. The zero-order valence-electron chi connectivity index (χ0n) is 10.7. The lowest BCUT2D eigenvalue weighted by Crippen LogP contribution is -2.18. The predicted molar refractivity (Wildman–Crippen MR) is 71.9 cm³/mol. The number of nitrogen functional groups attached to an aromatic ring is 1. The first kappa shape index (κ1) is 13.4. The van der Waals surface area contributed by atoms with E-state index in [0.717, 1.165) is 12.2 Å². The molecule has 1 aromatic carbocycles. The molecule has 1 rings (SSSR count). The van der Waals surface area contributed by atoms with E-state index in [2.05, 4.69) is 26.1 Å². The molecule has 0 fully saturated rings. The molecule has 1 aromatic rings. The topological polar surface area (TPSA) is 81.1 Å². The lowest BCUT2D eigenvalue weighted by atomic mass is 9.98. The molecular weight excluding hydrogens is 214 g/mol. The Morgan fingerprint density at radius 3 is 2.53 bits per heavy atom. The number of carbonyl (C=O) groups is 1. The summed E-state index contributed by atoms with van der Waals surface area (Å²) in [4.78, 5) is 11.1. The molecule has 4 heteroatoms. The summed E-state index contributed by atoms with van der Waals surface area (Å²) >= 11 is 0. The van der Waals surface area contributed by atoms with E-state index in [1.807, 2.05) is 0 Å². The molecule has 4 nitrogen and oxygen atoms in total. The summed E-state index contributed by atoms with van der Waals surface area (Å²) in [5.74, 6) is 0.694. The molecular formula is C13H21N3O. The van der Waals surface area contributed by atoms with E-state index in [1.165, 1.54) is 0 Å². The van der Waals surface area contributed by atoms with Crippen molar-refractivity contribution in [2.45, 2.75) is 20.8 Å². The van der Waals surface area contributed by atoms with Crippen LogP contribution >= 0.6 is 0 Å². The van der Waals surface area contributed by atoms with Crippen LogP contribution in [0.4, 0.5) is 11.4 Å². The quantitative estimate of drug-likeness (QED) is 0.683. The van der Waals surface area contributed by atoms with Crippen LogP contribution in [0.25, 0.3) is 0 Å². The summed E-state index contributed by atoms with van der Waals surface area (Å²) in [6, 6.07) is 5.03. The molecule has 94 valence electrons. The zero-order chi connectivity index (χ0) is 13.0. The smallest absolute Gasteiger partial charge is 0.248 e. The highest BCUT2D eigenvalue weighted by molar-refractivity contribution is 5.94. The van der Waals surface area contributed by atoms with Gasteiger partial charge in [0.2, 0.25) is 5.91 Å². The molecule has 0 bridgehead atoms. The summed E-state index contributed by atoms with van der Waals surface area (Å²) in [5.41, 5.74) is 12.9. The van der Waals surface area contributed by atoms with Gasteiger partial charge in [0.05, 0.1) is 11.4 Å². The molecule has 0 saturated carbocycles. The number of hydrogen-bond acceptors (Lipinski definition) is 3. The number of rotatable bonds is 5. The number of nitrogens with two attached hydrogens (primary N) is 2. The minimum atomic E-state index is -0.440. The molecule has 1 atom stereocenters. The van der Waals surface area contributed by atoms with E-state index in [1.54, 1.807) is 18.2 Å². The van der Waals surface area contributed by atoms with Crippen molar-refractivity contribution in [1.82, 2.24) is 0 Å². The van der Waals surface area contributed by atoms with Crippen molar-refractivity contribution in [3.63, 3.8) is 0 Å². The van der Waals surface area contributed by atoms with Crippen molar-refractivity contribution in [2.75, 3.05) is 17.6 Å². The SMILES string of the molecule is CC(C)C(C)CNc1cc(C(N)=O)ccc1N. The molecule has 5 N–H and O–H groups in total. The van der Waals surface area contributed by atoms with Gasteiger partial charge >= 0.3 is 0 Å². The van der Waals surface area contributed by atoms with E-state index in [0.29, 0.717) is 23.1 Å². The van der Waals surface area contributed by atoms with Crippen LogP contribution in [0.15, 0.2) is 18.2 Å². The van der Waals surface area contributed by atoms with Gasteiger partial charge in [0.25, 0.3) is 0 Å². The first-order valence-electron chi connectivity index (χ1n) is 5.85. The number of amides is 1. The van der Waals surface area contributed by atoms with Crippen molar-refractivity contribution in [3.8, 4) is 0 Å². The van der Waals surface area contributed by atoms with Crippen molar-refractivity contribution in [2.24, 2.45) is 17.6 Å². The van der Waals surface area contributed by atoms with Crippen molar-refractivity contribution < 1.29 is 4.79 Å². The second-order valence-electron chi connectivity index (χ2n) is 4.77. The lowest BCUT2D eigenvalue weighted by Gasteiger charge is -2.18. The van der Waals surface area contributed by atoms with Gasteiger partial charge < -0.3 is 16.8 Å². The van der Waals surface area contributed by atoms with E-state index in [4.69, 9.17) is 11.5 Å². The maximum atomic E-state index is 11.1. The molecule has 0 radical (unpaired) electrons. The largest absolute Gasteiger partial charge is 0.397 e. The van der Waals surface area contributed by atoms with Crippen LogP contribution in [0.3, 0.4) is 0 Å². The molecule has 0 heterocycles. The molecule has 0 aliphatic rings. The van der Waals surface area contributed by atoms with Gasteiger partial charge in [-0.1, -0.05) is 20.8 Å². The summed E-state index contributed by atoms with van der Waals surface area (Å²) < 4.78 is 0. The van der Waals surface area contributed by atoms with E-state index < -0.39 is 5.91 Å². The van der Waals surface area contributed by atoms with Gasteiger partial charge in [-0.05, 0) is 30.0 Å². The number of hydrogen-bond donors (Lipinski definition) is 3. The summed E-state index contributed by atoms with van der Waals surface area (Å²) in [6.07, 6.45) is 0. The third-order valence-corrected chi connectivity index (χ3v) is 3.09. The van der Waals surface area contributed by atoms with Gasteiger partial charge in [0.15, 0.2) is 0 Å². The van der Waals surface area contributed by atoms with Crippen LogP contribution in [0, 0.1) is 11.8 Å². The molecule has 0 aliphatic heterocycles. The van der Waals surface area contributed by atoms with Crippen LogP contribution in [-0.4, -0.2) is 12.5 Å². The highest BCUT2D eigenvalue weighted by Gasteiger charge is 2.09. The molecule has 1 unspecified atom stereocenters. The Morgan fingerprint density at radius 2 is 2.00 bits per heavy atom. The van der Waals surface area contributed by atoms with E-state index in [-0.39, 0.29) is 0 Å². The number of primary amides is 1. The van der Waals surface area contributed by atoms with Crippen LogP contribution in [0.2, 0.25) is 0 Å². The molecule has 0 aliphatic carbocycles. The van der Waals surface area contributed by atoms with Gasteiger partial charge in [-0.3, -0.25) is 4.79 Å². The number of nitrogens with one attached hydrogen (secondary N) is 1. The third kappa shape index (κ3) is 3.66. The summed E-state index contributed by atoms with van der Waals surface area (Å²) in [5, 5.41) is 3.26. The Kier molecular flexibility index (Phi) is 4.37. The zero-order valence-corrected chi connectivity index (χ0v) is 10.7. The predicted octanol–water partition coefficient (Wildman–Crippen LogP) is 2.07. The molecule has 0 spiro atoms. The van der Waals surface area contributed by atoms with Crippen LogP contribution in [0.5, 0.6) is 0 Å². The monoisotopic (exact) mass is 235 g/mol. The second-order valence-corrected chi connectivity index (χ2v) is 4.77. The Morgan fingerprint density at radius 1 is 1.35 bits per heavy atom. The highest BCUT2D eigenvalue weighted by Crippen LogP contribution is 2.21. The first-order valence-corrected chi connectivity index (χ1v) is 5.85. The average Bonchev–Trinajstić information content (AvgIpc) is 2.26. The van der Waals surface area contributed by atoms with Gasteiger partial charge in [-0.25, -0.2) is 0 Å². The maximum Gasteiger partial charge on any atom is 0.248 e. The number of carbonyl (C=O) groups excluding carboxylic acids is 1.